The van der Waals surface area contributed by atoms with E-state index in [1.54, 1.807) is 17.5 Å². The number of nitrogens with one attached hydrogen (secondary N) is 1. The zero-order valence-corrected chi connectivity index (χ0v) is 17.4. The average Bonchev–Trinajstić information content (AvgIpc) is 3.21. The summed E-state index contributed by atoms with van der Waals surface area (Å²) >= 11 is 1.65. The standard InChI is InChI=1S/C20H26N6OS/c1-11-24-25-19(28-11)14-5-4-13(14)16-22-17-15(18(27)23-16)10-21-26(17)12-6-8-20(2,3)9-7-12/h10,12-14H,4-9H2,1-3H3,(H,22,23,27). The lowest BCUT2D eigenvalue weighted by molar-refractivity contribution is 0.188. The fraction of sp³-hybridized carbons (Fsp3) is 0.650. The van der Waals surface area contributed by atoms with E-state index in [1.807, 2.05) is 11.6 Å². The summed E-state index contributed by atoms with van der Waals surface area (Å²) < 4.78 is 2.01. The van der Waals surface area contributed by atoms with Crippen molar-refractivity contribution in [2.45, 2.75) is 77.2 Å². The topological polar surface area (TPSA) is 89.3 Å². The lowest BCUT2D eigenvalue weighted by Gasteiger charge is -2.35. The van der Waals surface area contributed by atoms with Crippen molar-refractivity contribution in [3.05, 3.63) is 32.4 Å². The highest BCUT2D eigenvalue weighted by Gasteiger charge is 2.38. The monoisotopic (exact) mass is 398 g/mol. The molecule has 3 heterocycles. The van der Waals surface area contributed by atoms with Gasteiger partial charge in [-0.15, -0.1) is 21.5 Å². The third-order valence-corrected chi connectivity index (χ3v) is 7.59. The average molecular weight is 399 g/mol. The van der Waals surface area contributed by atoms with Crippen molar-refractivity contribution in [2.24, 2.45) is 5.41 Å². The van der Waals surface area contributed by atoms with Gasteiger partial charge in [0.05, 0.1) is 12.2 Å². The first-order chi connectivity index (χ1) is 13.4. The molecule has 0 aliphatic heterocycles. The first kappa shape index (κ1) is 18.0. The normalized spacial score (nSPS) is 25.1. The molecule has 2 aliphatic rings. The molecule has 1 N–H and O–H groups in total. The molecule has 2 saturated carbocycles. The quantitative estimate of drug-likeness (QED) is 0.718. The largest absolute Gasteiger partial charge is 0.310 e. The van der Waals surface area contributed by atoms with Gasteiger partial charge in [0.2, 0.25) is 0 Å². The van der Waals surface area contributed by atoms with Gasteiger partial charge in [-0.1, -0.05) is 13.8 Å². The molecule has 0 saturated heterocycles. The van der Waals surface area contributed by atoms with Crippen LogP contribution in [0.3, 0.4) is 0 Å². The molecule has 0 bridgehead atoms. The van der Waals surface area contributed by atoms with Crippen LogP contribution in [-0.4, -0.2) is 29.9 Å². The molecule has 2 fully saturated rings. The Morgan fingerprint density at radius 3 is 2.54 bits per heavy atom. The predicted octanol–water partition coefficient (Wildman–Crippen LogP) is 4.08. The van der Waals surface area contributed by atoms with Gasteiger partial charge in [0.15, 0.2) is 5.65 Å². The van der Waals surface area contributed by atoms with Gasteiger partial charge >= 0.3 is 0 Å². The first-order valence-corrected chi connectivity index (χ1v) is 11.0. The summed E-state index contributed by atoms with van der Waals surface area (Å²) in [4.78, 5) is 20.7. The molecule has 0 aromatic carbocycles. The molecule has 0 amide bonds. The van der Waals surface area contributed by atoms with Crippen LogP contribution in [0.2, 0.25) is 0 Å². The number of aromatic nitrogens is 6. The number of aryl methyl sites for hydroxylation is 1. The van der Waals surface area contributed by atoms with E-state index in [0.717, 1.165) is 47.2 Å². The van der Waals surface area contributed by atoms with Crippen LogP contribution >= 0.6 is 11.3 Å². The van der Waals surface area contributed by atoms with Gasteiger partial charge in [-0.05, 0) is 50.9 Å². The van der Waals surface area contributed by atoms with Crippen LogP contribution in [0, 0.1) is 12.3 Å². The Bertz CT molecular complexity index is 1070. The highest BCUT2D eigenvalue weighted by molar-refractivity contribution is 7.11. The molecule has 2 aliphatic carbocycles. The van der Waals surface area contributed by atoms with Gasteiger partial charge in [0.1, 0.15) is 21.2 Å². The van der Waals surface area contributed by atoms with E-state index in [-0.39, 0.29) is 11.5 Å². The third-order valence-electron chi connectivity index (χ3n) is 6.62. The molecule has 28 heavy (non-hydrogen) atoms. The van der Waals surface area contributed by atoms with Crippen molar-refractivity contribution in [1.29, 1.82) is 0 Å². The SMILES string of the molecule is Cc1nnc(C2CCC2c2nc3c(cnn3C3CCC(C)(C)CC3)c(=O)[nH]2)s1. The van der Waals surface area contributed by atoms with E-state index in [0.29, 0.717) is 22.8 Å². The zero-order valence-electron chi connectivity index (χ0n) is 16.6. The highest BCUT2D eigenvalue weighted by atomic mass is 32.1. The second kappa shape index (κ2) is 6.47. The Morgan fingerprint density at radius 2 is 1.89 bits per heavy atom. The van der Waals surface area contributed by atoms with Crippen molar-refractivity contribution in [3.63, 3.8) is 0 Å². The fourth-order valence-corrected chi connectivity index (χ4v) is 5.51. The summed E-state index contributed by atoms with van der Waals surface area (Å²) in [5, 5.41) is 15.7. The van der Waals surface area contributed by atoms with Gasteiger partial charge in [0.25, 0.3) is 5.56 Å². The summed E-state index contributed by atoms with van der Waals surface area (Å²) in [6.07, 6.45) is 8.29. The van der Waals surface area contributed by atoms with E-state index in [4.69, 9.17) is 4.98 Å². The Balaban J connectivity index is 1.49. The molecule has 2 atom stereocenters. The summed E-state index contributed by atoms with van der Waals surface area (Å²) in [6.45, 7) is 6.64. The molecule has 0 radical (unpaired) electrons. The van der Waals surface area contributed by atoms with Crippen LogP contribution in [0.1, 0.15) is 86.1 Å². The molecule has 3 aromatic heterocycles. The molecule has 7 nitrogen and oxygen atoms in total. The third kappa shape index (κ3) is 2.98. The van der Waals surface area contributed by atoms with Crippen LogP contribution in [0.5, 0.6) is 0 Å². The number of fused-ring (bicyclic) bond motifs is 1. The number of rotatable bonds is 3. The summed E-state index contributed by atoms with van der Waals surface area (Å²) in [5.41, 5.74) is 1.05. The molecule has 8 heteroatoms. The van der Waals surface area contributed by atoms with Crippen LogP contribution < -0.4 is 5.56 Å². The second-order valence-corrected chi connectivity index (χ2v) is 10.3. The fourth-order valence-electron chi connectivity index (χ4n) is 4.61. The zero-order chi connectivity index (χ0) is 19.5. The van der Waals surface area contributed by atoms with Gasteiger partial charge in [0, 0.05) is 11.8 Å². The summed E-state index contributed by atoms with van der Waals surface area (Å²) in [5.74, 6) is 1.29. The number of aromatic amines is 1. The number of hydrogen-bond donors (Lipinski definition) is 1. The molecule has 2 unspecified atom stereocenters. The summed E-state index contributed by atoms with van der Waals surface area (Å²) in [6, 6.07) is 0.329. The van der Waals surface area contributed by atoms with E-state index < -0.39 is 0 Å². The minimum atomic E-state index is -0.0820. The maximum atomic E-state index is 12.7. The van der Waals surface area contributed by atoms with Crippen molar-refractivity contribution in [2.75, 3.05) is 0 Å². The Morgan fingerprint density at radius 1 is 1.14 bits per heavy atom. The minimum Gasteiger partial charge on any atom is -0.310 e. The lowest BCUT2D eigenvalue weighted by Crippen LogP contribution is -2.27. The number of hydrogen-bond acceptors (Lipinski definition) is 6. The van der Waals surface area contributed by atoms with Gasteiger partial charge in [-0.3, -0.25) is 4.79 Å². The number of nitrogens with zero attached hydrogens (tertiary/aromatic N) is 5. The van der Waals surface area contributed by atoms with Crippen LogP contribution in [0.25, 0.3) is 11.0 Å². The smallest absolute Gasteiger partial charge is 0.262 e. The van der Waals surface area contributed by atoms with E-state index >= 15 is 0 Å². The molecule has 148 valence electrons. The van der Waals surface area contributed by atoms with Crippen LogP contribution in [0.15, 0.2) is 11.0 Å². The summed E-state index contributed by atoms with van der Waals surface area (Å²) in [7, 11) is 0. The Labute approximate surface area is 167 Å². The molecule has 0 spiro atoms. The first-order valence-electron chi connectivity index (χ1n) is 10.2. The molecule has 3 aromatic rings. The Kier molecular flexibility index (Phi) is 4.15. The maximum Gasteiger partial charge on any atom is 0.262 e. The van der Waals surface area contributed by atoms with Gasteiger partial charge in [-0.25, -0.2) is 9.67 Å². The van der Waals surface area contributed by atoms with E-state index in [9.17, 15) is 4.79 Å². The lowest BCUT2D eigenvalue weighted by atomic mass is 9.73. The molecular formula is C20H26N6OS. The van der Waals surface area contributed by atoms with Crippen molar-refractivity contribution in [3.8, 4) is 0 Å². The second-order valence-electron chi connectivity index (χ2n) is 9.12. The highest BCUT2D eigenvalue weighted by Crippen LogP contribution is 2.48. The van der Waals surface area contributed by atoms with Crippen molar-refractivity contribution < 1.29 is 0 Å². The van der Waals surface area contributed by atoms with Crippen LogP contribution in [-0.2, 0) is 0 Å². The minimum absolute atomic E-state index is 0.0820. The van der Waals surface area contributed by atoms with Crippen LogP contribution in [0.4, 0.5) is 0 Å². The Hall–Kier alpha value is -2.09. The number of H-pyrrole nitrogens is 1. The molecular weight excluding hydrogens is 372 g/mol. The van der Waals surface area contributed by atoms with Crippen molar-refractivity contribution >= 4 is 22.4 Å². The van der Waals surface area contributed by atoms with Gasteiger partial charge in [-0.2, -0.15) is 5.10 Å². The van der Waals surface area contributed by atoms with E-state index in [2.05, 4.69) is 34.1 Å². The van der Waals surface area contributed by atoms with Gasteiger partial charge < -0.3 is 4.98 Å². The van der Waals surface area contributed by atoms with E-state index in [1.165, 1.54) is 12.8 Å². The maximum absolute atomic E-state index is 12.7. The van der Waals surface area contributed by atoms with Crippen molar-refractivity contribution in [1.82, 2.24) is 29.9 Å². The molecule has 5 rings (SSSR count). The predicted molar refractivity (Wildman–Crippen MR) is 109 cm³/mol.